The number of carbonyl (C=O) groups excluding carboxylic acids is 1. The number of rotatable bonds is 8. The molecule has 1 fully saturated rings. The summed E-state index contributed by atoms with van der Waals surface area (Å²) in [7, 11) is 1.58. The van der Waals surface area contributed by atoms with Crippen LogP contribution >= 0.6 is 23.2 Å². The van der Waals surface area contributed by atoms with E-state index in [1.54, 1.807) is 37.4 Å². The van der Waals surface area contributed by atoms with Gasteiger partial charge in [-0.2, -0.15) is 0 Å². The Hall–Kier alpha value is -1.48. The van der Waals surface area contributed by atoms with Crippen LogP contribution in [0.1, 0.15) is 28.4 Å². The molecule has 0 aliphatic carbocycles. The van der Waals surface area contributed by atoms with Crippen LogP contribution in [-0.2, 0) is 24.3 Å². The Kier molecular flexibility index (Phi) is 8.89. The largest absolute Gasteiger partial charge is 0.611 e. The van der Waals surface area contributed by atoms with E-state index in [0.717, 1.165) is 37.3 Å². The van der Waals surface area contributed by atoms with Gasteiger partial charge in [0.1, 0.15) is 11.5 Å². The van der Waals surface area contributed by atoms with Gasteiger partial charge in [0.15, 0.2) is 4.90 Å². The van der Waals surface area contributed by atoms with Crippen molar-refractivity contribution in [2.45, 2.75) is 24.9 Å². The summed E-state index contributed by atoms with van der Waals surface area (Å²) in [6.45, 7) is 6.47. The van der Waals surface area contributed by atoms with Crippen molar-refractivity contribution in [1.82, 2.24) is 15.5 Å². The standard InChI is InChI=1S/C22H27Cl2N3O3S/c1-3-31(29)21-5-4-17(23)10-16(21)13-26-22(28)15-11-19(24)18(20(12-15)30-2)14-27-8-6-25-7-9-27/h4-5,10-12,25H,3,6-9,13-14H2,1-2H3,(H,26,28). The van der Waals surface area contributed by atoms with Gasteiger partial charge in [-0.3, -0.25) is 9.69 Å². The Balaban J connectivity index is 1.75. The second-order valence-electron chi connectivity index (χ2n) is 7.23. The van der Waals surface area contributed by atoms with Gasteiger partial charge in [-0.25, -0.2) is 0 Å². The predicted octanol–water partition coefficient (Wildman–Crippen LogP) is 3.46. The Labute approximate surface area is 196 Å². The maximum Gasteiger partial charge on any atom is 0.251 e. The van der Waals surface area contributed by atoms with Gasteiger partial charge in [-0.1, -0.05) is 23.2 Å². The first kappa shape index (κ1) is 24.2. The number of hydrogen-bond acceptors (Lipinski definition) is 5. The number of nitrogens with zero attached hydrogens (tertiary/aromatic N) is 1. The average Bonchev–Trinajstić information content (AvgIpc) is 2.78. The van der Waals surface area contributed by atoms with E-state index < -0.39 is 11.2 Å². The van der Waals surface area contributed by atoms with Gasteiger partial charge in [0.2, 0.25) is 0 Å². The fourth-order valence-corrected chi connectivity index (χ4v) is 4.93. The van der Waals surface area contributed by atoms with Crippen LogP contribution in [-0.4, -0.2) is 54.4 Å². The molecule has 2 aromatic rings. The highest BCUT2D eigenvalue weighted by atomic mass is 35.5. The third-order valence-electron chi connectivity index (χ3n) is 5.20. The van der Waals surface area contributed by atoms with Crippen molar-refractivity contribution in [2.24, 2.45) is 0 Å². The molecule has 0 radical (unpaired) electrons. The third kappa shape index (κ3) is 6.28. The highest BCUT2D eigenvalue weighted by Crippen LogP contribution is 2.30. The second-order valence-corrected chi connectivity index (χ2v) is 9.79. The number of methoxy groups -OCH3 is 1. The Bertz CT molecular complexity index is 923. The molecule has 2 N–H and O–H groups in total. The second kappa shape index (κ2) is 11.4. The SMILES string of the molecule is CC[S+]([O-])c1ccc(Cl)cc1CNC(=O)c1cc(Cl)c(CN2CCNCC2)c(OC)c1. The molecule has 168 valence electrons. The molecule has 0 bridgehead atoms. The molecule has 2 aromatic carbocycles. The first-order valence-electron chi connectivity index (χ1n) is 10.2. The summed E-state index contributed by atoms with van der Waals surface area (Å²) in [5, 5.41) is 7.23. The molecule has 9 heteroatoms. The first-order valence-corrected chi connectivity index (χ1v) is 12.2. The molecule has 0 saturated carbocycles. The normalized spacial score (nSPS) is 15.5. The quantitative estimate of drug-likeness (QED) is 0.562. The molecule has 1 aliphatic heterocycles. The fraction of sp³-hybridized carbons (Fsp3) is 0.409. The minimum Gasteiger partial charge on any atom is -0.611 e. The maximum atomic E-state index is 12.8. The van der Waals surface area contributed by atoms with Gasteiger partial charge >= 0.3 is 0 Å². The highest BCUT2D eigenvalue weighted by molar-refractivity contribution is 7.91. The van der Waals surface area contributed by atoms with Gasteiger partial charge < -0.3 is 19.9 Å². The number of piperazine rings is 1. The number of hydrogen-bond donors (Lipinski definition) is 2. The molecule has 3 rings (SSSR count). The topological polar surface area (TPSA) is 76.7 Å². The van der Waals surface area contributed by atoms with E-state index >= 15 is 0 Å². The molecule has 1 heterocycles. The van der Waals surface area contributed by atoms with Crippen molar-refractivity contribution in [3.8, 4) is 5.75 Å². The zero-order valence-corrected chi connectivity index (χ0v) is 20.0. The minimum atomic E-state index is -1.15. The predicted molar refractivity (Wildman–Crippen MR) is 126 cm³/mol. The first-order chi connectivity index (χ1) is 14.9. The van der Waals surface area contributed by atoms with Crippen LogP contribution in [0.5, 0.6) is 5.75 Å². The summed E-state index contributed by atoms with van der Waals surface area (Å²) < 4.78 is 17.8. The Morgan fingerprint density at radius 2 is 2.00 bits per heavy atom. The molecule has 1 atom stereocenters. The van der Waals surface area contributed by atoms with Crippen LogP contribution in [0.15, 0.2) is 35.2 Å². The monoisotopic (exact) mass is 483 g/mol. The van der Waals surface area contributed by atoms with Gasteiger partial charge in [0.05, 0.1) is 7.11 Å². The van der Waals surface area contributed by atoms with E-state index in [-0.39, 0.29) is 12.5 Å². The molecular formula is C22H27Cl2N3O3S. The molecule has 1 aliphatic rings. The summed E-state index contributed by atoms with van der Waals surface area (Å²) in [6, 6.07) is 8.56. The van der Waals surface area contributed by atoms with Crippen molar-refractivity contribution in [3.63, 3.8) is 0 Å². The highest BCUT2D eigenvalue weighted by Gasteiger charge is 2.20. The van der Waals surface area contributed by atoms with E-state index in [1.165, 1.54) is 0 Å². The van der Waals surface area contributed by atoms with Crippen molar-refractivity contribution in [2.75, 3.05) is 39.0 Å². The molecule has 31 heavy (non-hydrogen) atoms. The van der Waals surface area contributed by atoms with E-state index in [2.05, 4.69) is 15.5 Å². The van der Waals surface area contributed by atoms with Gasteiger partial charge in [-0.15, -0.1) is 0 Å². The lowest BCUT2D eigenvalue weighted by Gasteiger charge is -2.28. The molecule has 0 aromatic heterocycles. The van der Waals surface area contributed by atoms with Crippen molar-refractivity contribution >= 4 is 40.3 Å². The Morgan fingerprint density at radius 1 is 1.26 bits per heavy atom. The molecule has 6 nitrogen and oxygen atoms in total. The lowest BCUT2D eigenvalue weighted by molar-refractivity contribution is 0.0950. The van der Waals surface area contributed by atoms with Gasteiger partial charge in [-0.05, 0) is 48.4 Å². The van der Waals surface area contributed by atoms with Gasteiger partial charge in [0, 0.05) is 66.0 Å². The van der Waals surface area contributed by atoms with E-state index in [1.807, 2.05) is 6.92 Å². The number of benzene rings is 2. The lowest BCUT2D eigenvalue weighted by atomic mass is 10.1. The average molecular weight is 484 g/mol. The molecule has 1 unspecified atom stereocenters. The van der Waals surface area contributed by atoms with Gasteiger partial charge in [0.25, 0.3) is 5.91 Å². The smallest absolute Gasteiger partial charge is 0.251 e. The van der Waals surface area contributed by atoms with Crippen molar-refractivity contribution in [1.29, 1.82) is 0 Å². The van der Waals surface area contributed by atoms with Crippen LogP contribution < -0.4 is 15.4 Å². The number of carbonyl (C=O) groups is 1. The molecule has 1 saturated heterocycles. The number of halogens is 2. The van der Waals surface area contributed by atoms with Crippen LogP contribution in [0.3, 0.4) is 0 Å². The number of amides is 1. The summed E-state index contributed by atoms with van der Waals surface area (Å²) in [5.74, 6) is 0.790. The van der Waals surface area contributed by atoms with E-state index in [4.69, 9.17) is 27.9 Å². The van der Waals surface area contributed by atoms with Crippen LogP contribution in [0, 0.1) is 0 Å². The zero-order valence-electron chi connectivity index (χ0n) is 17.7. The summed E-state index contributed by atoms with van der Waals surface area (Å²) in [4.78, 5) is 15.8. The third-order valence-corrected chi connectivity index (χ3v) is 7.18. The molecule has 0 spiro atoms. The lowest BCUT2D eigenvalue weighted by Crippen LogP contribution is -2.43. The molecular weight excluding hydrogens is 457 g/mol. The summed E-state index contributed by atoms with van der Waals surface area (Å²) in [6.07, 6.45) is 0. The summed E-state index contributed by atoms with van der Waals surface area (Å²) in [5.41, 5.74) is 2.01. The fourth-order valence-electron chi connectivity index (χ4n) is 3.51. The molecule has 1 amide bonds. The zero-order chi connectivity index (χ0) is 22.4. The number of nitrogens with one attached hydrogen (secondary N) is 2. The van der Waals surface area contributed by atoms with Crippen molar-refractivity contribution < 1.29 is 14.1 Å². The maximum absolute atomic E-state index is 12.8. The van der Waals surface area contributed by atoms with E-state index in [0.29, 0.717) is 38.6 Å². The minimum absolute atomic E-state index is 0.211. The number of ether oxygens (including phenoxy) is 1. The van der Waals surface area contributed by atoms with E-state index in [9.17, 15) is 9.35 Å². The Morgan fingerprint density at radius 3 is 2.68 bits per heavy atom. The van der Waals surface area contributed by atoms with Crippen molar-refractivity contribution in [3.05, 3.63) is 57.1 Å². The van der Waals surface area contributed by atoms with Crippen LogP contribution in [0.2, 0.25) is 10.0 Å². The van der Waals surface area contributed by atoms with Crippen LogP contribution in [0.4, 0.5) is 0 Å². The van der Waals surface area contributed by atoms with Crippen LogP contribution in [0.25, 0.3) is 0 Å². The summed E-state index contributed by atoms with van der Waals surface area (Å²) >= 11 is 11.5.